The Labute approximate surface area is 143 Å². The molecule has 0 fully saturated rings. The number of nitrogens with zero attached hydrogens (tertiary/aromatic N) is 1. The second-order valence-corrected chi connectivity index (χ2v) is 7.08. The predicted octanol–water partition coefficient (Wildman–Crippen LogP) is 3.00. The van der Waals surface area contributed by atoms with Crippen molar-refractivity contribution in [2.45, 2.75) is 13.2 Å². The van der Waals surface area contributed by atoms with Crippen molar-refractivity contribution < 1.29 is 26.7 Å². The molecule has 1 aliphatic rings. The van der Waals surface area contributed by atoms with Crippen LogP contribution >= 0.6 is 0 Å². The molecule has 1 aliphatic heterocycles. The molecule has 0 saturated heterocycles. The fourth-order valence-electron chi connectivity index (χ4n) is 2.44. The van der Waals surface area contributed by atoms with E-state index in [1.54, 1.807) is 30.3 Å². The minimum Gasteiger partial charge on any atom is -0.435 e. The SMILES string of the molecule is O=C1C=C(c2ccccc2)S(=O)(=O)N1Cc1ccc(OC(F)F)cc1. The molecule has 1 heterocycles. The number of carbonyl (C=O) groups is 1. The van der Waals surface area contributed by atoms with E-state index in [2.05, 4.69) is 4.74 Å². The molecular weight excluding hydrogens is 352 g/mol. The molecule has 0 spiro atoms. The van der Waals surface area contributed by atoms with Crippen molar-refractivity contribution in [1.82, 2.24) is 4.31 Å². The summed E-state index contributed by atoms with van der Waals surface area (Å²) in [7, 11) is -3.96. The van der Waals surface area contributed by atoms with Gasteiger partial charge in [0, 0.05) is 6.08 Å². The van der Waals surface area contributed by atoms with Gasteiger partial charge in [0.05, 0.1) is 6.54 Å². The molecule has 0 saturated carbocycles. The van der Waals surface area contributed by atoms with Crippen molar-refractivity contribution in [2.24, 2.45) is 0 Å². The standard InChI is InChI=1S/C17H13F2NO4S/c18-17(19)24-14-8-6-12(7-9-14)11-20-16(21)10-15(25(20,22)23)13-4-2-1-3-5-13/h1-10,17H,11H2. The highest BCUT2D eigenvalue weighted by atomic mass is 32.2. The van der Waals surface area contributed by atoms with Crippen molar-refractivity contribution in [1.29, 1.82) is 0 Å². The van der Waals surface area contributed by atoms with Crippen LogP contribution < -0.4 is 4.74 Å². The lowest BCUT2D eigenvalue weighted by atomic mass is 10.2. The van der Waals surface area contributed by atoms with Gasteiger partial charge in [-0.1, -0.05) is 42.5 Å². The number of benzene rings is 2. The van der Waals surface area contributed by atoms with Crippen LogP contribution in [0.4, 0.5) is 8.78 Å². The summed E-state index contributed by atoms with van der Waals surface area (Å²) in [5.41, 5.74) is 0.903. The highest BCUT2D eigenvalue weighted by Gasteiger charge is 2.37. The number of amides is 1. The van der Waals surface area contributed by atoms with Crippen molar-refractivity contribution in [3.8, 4) is 5.75 Å². The van der Waals surface area contributed by atoms with Gasteiger partial charge in [0.25, 0.3) is 15.9 Å². The Balaban J connectivity index is 1.81. The summed E-state index contributed by atoms with van der Waals surface area (Å²) in [6.45, 7) is -3.13. The van der Waals surface area contributed by atoms with Gasteiger partial charge in [-0.25, -0.2) is 12.7 Å². The maximum Gasteiger partial charge on any atom is 0.387 e. The van der Waals surface area contributed by atoms with Crippen LogP contribution in [0.1, 0.15) is 11.1 Å². The average molecular weight is 365 g/mol. The molecule has 25 heavy (non-hydrogen) atoms. The van der Waals surface area contributed by atoms with Crippen molar-refractivity contribution in [2.75, 3.05) is 0 Å². The summed E-state index contributed by atoms with van der Waals surface area (Å²) in [5, 5.41) is 0. The fraction of sp³-hybridized carbons (Fsp3) is 0.118. The number of halogens is 2. The van der Waals surface area contributed by atoms with Gasteiger partial charge in [0.15, 0.2) is 0 Å². The largest absolute Gasteiger partial charge is 0.435 e. The first-order valence-electron chi connectivity index (χ1n) is 7.25. The Morgan fingerprint density at radius 2 is 1.64 bits per heavy atom. The van der Waals surface area contributed by atoms with E-state index >= 15 is 0 Å². The fourth-order valence-corrected chi connectivity index (χ4v) is 3.97. The molecule has 0 unspecified atom stereocenters. The Morgan fingerprint density at radius 3 is 2.24 bits per heavy atom. The van der Waals surface area contributed by atoms with Crippen LogP contribution in [0.15, 0.2) is 60.7 Å². The minimum absolute atomic E-state index is 0.0440. The van der Waals surface area contributed by atoms with Crippen LogP contribution in [0.2, 0.25) is 0 Å². The van der Waals surface area contributed by atoms with E-state index in [4.69, 9.17) is 0 Å². The molecule has 8 heteroatoms. The van der Waals surface area contributed by atoms with Gasteiger partial charge in [-0.2, -0.15) is 8.78 Å². The highest BCUT2D eigenvalue weighted by Crippen LogP contribution is 2.31. The van der Waals surface area contributed by atoms with Crippen molar-refractivity contribution in [3.63, 3.8) is 0 Å². The van der Waals surface area contributed by atoms with E-state index in [0.717, 1.165) is 10.4 Å². The monoisotopic (exact) mass is 365 g/mol. The Bertz CT molecular complexity index is 909. The Hall–Kier alpha value is -2.74. The van der Waals surface area contributed by atoms with Gasteiger partial charge >= 0.3 is 6.61 Å². The third kappa shape index (κ3) is 3.53. The number of hydrogen-bond donors (Lipinski definition) is 0. The Morgan fingerprint density at radius 1 is 1.00 bits per heavy atom. The van der Waals surface area contributed by atoms with Crippen molar-refractivity contribution in [3.05, 3.63) is 71.8 Å². The number of alkyl halides is 2. The molecule has 0 aromatic heterocycles. The minimum atomic E-state index is -3.96. The molecular formula is C17H13F2NO4S. The summed E-state index contributed by atoms with van der Waals surface area (Å²) < 4.78 is 54.5. The molecule has 1 amide bonds. The zero-order valence-corrected chi connectivity index (χ0v) is 13.6. The van der Waals surface area contributed by atoms with E-state index in [1.165, 1.54) is 24.3 Å². The first-order chi connectivity index (χ1) is 11.9. The number of rotatable bonds is 5. The van der Waals surface area contributed by atoms with Gasteiger partial charge < -0.3 is 4.74 Å². The van der Waals surface area contributed by atoms with E-state index in [-0.39, 0.29) is 17.2 Å². The highest BCUT2D eigenvalue weighted by molar-refractivity contribution is 7.99. The van der Waals surface area contributed by atoms with Crippen LogP contribution in [0.3, 0.4) is 0 Å². The predicted molar refractivity (Wildman–Crippen MR) is 87.0 cm³/mol. The molecule has 0 N–H and O–H groups in total. The first kappa shape index (κ1) is 17.1. The zero-order chi connectivity index (χ0) is 18.0. The third-order valence-electron chi connectivity index (χ3n) is 3.60. The lowest BCUT2D eigenvalue weighted by Gasteiger charge is -2.17. The topological polar surface area (TPSA) is 63.7 Å². The second kappa shape index (κ2) is 6.64. The normalized spacial score (nSPS) is 16.2. The molecule has 0 bridgehead atoms. The number of sulfonamides is 1. The second-order valence-electron chi connectivity index (χ2n) is 5.25. The summed E-state index contributed by atoms with van der Waals surface area (Å²) in [6, 6.07) is 13.8. The van der Waals surface area contributed by atoms with Crippen LogP contribution in [0.5, 0.6) is 5.75 Å². The van der Waals surface area contributed by atoms with Crippen LogP contribution in [-0.4, -0.2) is 25.2 Å². The van der Waals surface area contributed by atoms with Gasteiger partial charge in [-0.15, -0.1) is 0 Å². The summed E-state index contributed by atoms with van der Waals surface area (Å²) in [4.78, 5) is 12.1. The first-order valence-corrected chi connectivity index (χ1v) is 8.69. The molecule has 0 radical (unpaired) electrons. The smallest absolute Gasteiger partial charge is 0.387 e. The van der Waals surface area contributed by atoms with Crippen LogP contribution in [0, 0.1) is 0 Å². The lowest BCUT2D eigenvalue weighted by Crippen LogP contribution is -2.30. The zero-order valence-electron chi connectivity index (χ0n) is 12.8. The van der Waals surface area contributed by atoms with Gasteiger partial charge in [0.1, 0.15) is 10.7 Å². The quantitative estimate of drug-likeness (QED) is 0.817. The Kier molecular flexibility index (Phi) is 4.54. The maximum atomic E-state index is 12.6. The van der Waals surface area contributed by atoms with E-state index < -0.39 is 22.5 Å². The molecule has 5 nitrogen and oxygen atoms in total. The summed E-state index contributed by atoms with van der Waals surface area (Å²) >= 11 is 0. The van der Waals surface area contributed by atoms with Crippen LogP contribution in [-0.2, 0) is 21.4 Å². The number of ether oxygens (including phenoxy) is 1. The molecule has 2 aromatic rings. The molecule has 3 rings (SSSR count). The van der Waals surface area contributed by atoms with Gasteiger partial charge in [0.2, 0.25) is 0 Å². The van der Waals surface area contributed by atoms with Gasteiger partial charge in [-0.3, -0.25) is 4.79 Å². The van der Waals surface area contributed by atoms with E-state index in [1.807, 2.05) is 0 Å². The summed E-state index contributed by atoms with van der Waals surface area (Å²) in [6.07, 6.45) is 1.08. The van der Waals surface area contributed by atoms with Crippen molar-refractivity contribution >= 4 is 20.8 Å². The number of carbonyl (C=O) groups excluding carboxylic acids is 1. The van der Waals surface area contributed by atoms with E-state index in [9.17, 15) is 22.0 Å². The number of hydrogen-bond acceptors (Lipinski definition) is 4. The molecule has 0 atom stereocenters. The van der Waals surface area contributed by atoms with E-state index in [0.29, 0.717) is 11.1 Å². The summed E-state index contributed by atoms with van der Waals surface area (Å²) in [5.74, 6) is -0.691. The average Bonchev–Trinajstić information content (AvgIpc) is 2.80. The molecule has 0 aliphatic carbocycles. The van der Waals surface area contributed by atoms with Crippen LogP contribution in [0.25, 0.3) is 4.91 Å². The molecule has 130 valence electrons. The van der Waals surface area contributed by atoms with Gasteiger partial charge in [-0.05, 0) is 23.3 Å². The lowest BCUT2D eigenvalue weighted by molar-refractivity contribution is -0.121. The maximum absolute atomic E-state index is 12.6. The third-order valence-corrected chi connectivity index (χ3v) is 5.40. The molecule has 2 aromatic carbocycles.